The summed E-state index contributed by atoms with van der Waals surface area (Å²) < 4.78 is 44.3. The van der Waals surface area contributed by atoms with Crippen molar-refractivity contribution < 1.29 is 22.6 Å². The SMILES string of the molecule is COc1cc(Cc2csc(N3CCN(S(=O)(=O)C4C=CC=CC4(C)Cl)CC3)n2)cc(OC)c1OC. The van der Waals surface area contributed by atoms with Crippen LogP contribution in [0.5, 0.6) is 17.2 Å². The molecule has 2 unspecified atom stereocenters. The van der Waals surface area contributed by atoms with E-state index in [1.54, 1.807) is 68.2 Å². The normalized spacial score (nSPS) is 22.9. The van der Waals surface area contributed by atoms with Crippen LogP contribution in [0.1, 0.15) is 18.2 Å². The van der Waals surface area contributed by atoms with Gasteiger partial charge in [-0.1, -0.05) is 24.3 Å². The fourth-order valence-electron chi connectivity index (χ4n) is 4.35. The predicted molar refractivity (Wildman–Crippen MR) is 140 cm³/mol. The van der Waals surface area contributed by atoms with Crippen molar-refractivity contribution in [1.82, 2.24) is 9.29 Å². The molecule has 1 fully saturated rings. The van der Waals surface area contributed by atoms with Crippen LogP contribution in [0.15, 0.2) is 41.8 Å². The Bertz CT molecular complexity index is 1190. The van der Waals surface area contributed by atoms with Crippen LogP contribution in [0.25, 0.3) is 0 Å². The van der Waals surface area contributed by atoms with Crippen molar-refractivity contribution in [3.05, 3.63) is 53.1 Å². The molecule has 35 heavy (non-hydrogen) atoms. The molecule has 0 radical (unpaired) electrons. The summed E-state index contributed by atoms with van der Waals surface area (Å²) in [4.78, 5) is 5.98. The number of hydrogen-bond acceptors (Lipinski definition) is 8. The molecule has 4 rings (SSSR count). The smallest absolute Gasteiger partial charge is 0.222 e. The number of methoxy groups -OCH3 is 3. The van der Waals surface area contributed by atoms with Gasteiger partial charge < -0.3 is 19.1 Å². The maximum Gasteiger partial charge on any atom is 0.222 e. The van der Waals surface area contributed by atoms with Crippen LogP contribution in [0.2, 0.25) is 0 Å². The van der Waals surface area contributed by atoms with E-state index in [4.69, 9.17) is 30.8 Å². The molecule has 1 aromatic carbocycles. The van der Waals surface area contributed by atoms with Gasteiger partial charge in [-0.3, -0.25) is 0 Å². The van der Waals surface area contributed by atoms with Crippen molar-refractivity contribution in [2.45, 2.75) is 23.5 Å². The number of aromatic nitrogens is 1. The van der Waals surface area contributed by atoms with E-state index >= 15 is 0 Å². The number of piperazine rings is 1. The summed E-state index contributed by atoms with van der Waals surface area (Å²) in [5.74, 6) is 1.76. The molecule has 0 N–H and O–H groups in total. The topological polar surface area (TPSA) is 81.2 Å². The summed E-state index contributed by atoms with van der Waals surface area (Å²) in [6.45, 7) is 3.66. The molecule has 1 saturated heterocycles. The number of ether oxygens (including phenoxy) is 3. The lowest BCUT2D eigenvalue weighted by Crippen LogP contribution is -2.54. The van der Waals surface area contributed by atoms with Crippen LogP contribution >= 0.6 is 22.9 Å². The number of nitrogens with zero attached hydrogens (tertiary/aromatic N) is 3. The average molecular weight is 540 g/mol. The van der Waals surface area contributed by atoms with Crippen molar-refractivity contribution in [1.29, 1.82) is 0 Å². The number of allylic oxidation sites excluding steroid dienone is 3. The number of rotatable bonds is 8. The fraction of sp³-hybridized carbons (Fsp3) is 0.458. The van der Waals surface area contributed by atoms with Crippen LogP contribution in [0.3, 0.4) is 0 Å². The van der Waals surface area contributed by atoms with Gasteiger partial charge in [-0.2, -0.15) is 4.31 Å². The number of halogens is 1. The van der Waals surface area contributed by atoms with Crippen LogP contribution in [0.4, 0.5) is 5.13 Å². The summed E-state index contributed by atoms with van der Waals surface area (Å²) in [6.07, 6.45) is 7.54. The predicted octanol–water partition coefficient (Wildman–Crippen LogP) is 3.70. The molecule has 2 atom stereocenters. The van der Waals surface area contributed by atoms with E-state index < -0.39 is 20.1 Å². The highest BCUT2D eigenvalue weighted by Gasteiger charge is 2.43. The number of hydrogen-bond donors (Lipinski definition) is 0. The number of sulfonamides is 1. The lowest BCUT2D eigenvalue weighted by Gasteiger charge is -2.38. The van der Waals surface area contributed by atoms with Gasteiger partial charge in [0.05, 0.1) is 31.9 Å². The molecule has 8 nitrogen and oxygen atoms in total. The van der Waals surface area contributed by atoms with Crippen molar-refractivity contribution in [2.24, 2.45) is 0 Å². The lowest BCUT2D eigenvalue weighted by molar-refractivity contribution is 0.324. The summed E-state index contributed by atoms with van der Waals surface area (Å²) in [5, 5.41) is 2.13. The largest absolute Gasteiger partial charge is 0.493 e. The molecule has 2 heterocycles. The Morgan fingerprint density at radius 1 is 1.09 bits per heavy atom. The van der Waals surface area contributed by atoms with Gasteiger partial charge in [-0.15, -0.1) is 22.9 Å². The number of benzene rings is 1. The molecule has 0 saturated carbocycles. The standard InChI is InChI=1S/C24H30ClN3O5S2/c1-24(25)8-6-5-7-21(24)35(29,30)28-11-9-27(10-12-28)23-26-18(16-34-23)13-17-14-19(31-2)22(33-4)20(15-17)32-3/h5-8,14-16,21H,9-13H2,1-4H3. The van der Waals surface area contributed by atoms with Gasteiger partial charge in [0, 0.05) is 38.0 Å². The van der Waals surface area contributed by atoms with Crippen molar-refractivity contribution >= 4 is 38.1 Å². The van der Waals surface area contributed by atoms with E-state index in [2.05, 4.69) is 4.90 Å². The lowest BCUT2D eigenvalue weighted by atomic mass is 10.0. The molecule has 0 spiro atoms. The molecule has 0 bridgehead atoms. The van der Waals surface area contributed by atoms with E-state index in [9.17, 15) is 8.42 Å². The Kier molecular flexibility index (Phi) is 7.65. The van der Waals surface area contributed by atoms with E-state index in [1.807, 2.05) is 17.5 Å². The summed E-state index contributed by atoms with van der Waals surface area (Å²) in [6, 6.07) is 3.84. The Morgan fingerprint density at radius 3 is 2.31 bits per heavy atom. The molecule has 0 amide bonds. The van der Waals surface area contributed by atoms with E-state index in [-0.39, 0.29) is 0 Å². The summed E-state index contributed by atoms with van der Waals surface area (Å²) in [7, 11) is 1.20. The number of anilines is 1. The third-order valence-corrected chi connectivity index (χ3v) is 10.0. The monoisotopic (exact) mass is 539 g/mol. The van der Waals surface area contributed by atoms with Gasteiger partial charge in [-0.05, 0) is 24.6 Å². The van der Waals surface area contributed by atoms with Gasteiger partial charge in [0.1, 0.15) is 5.25 Å². The molecular formula is C24H30ClN3O5S2. The maximum atomic E-state index is 13.3. The summed E-state index contributed by atoms with van der Waals surface area (Å²) >= 11 is 8.06. The zero-order valence-electron chi connectivity index (χ0n) is 20.2. The molecule has 1 aromatic heterocycles. The van der Waals surface area contributed by atoms with Gasteiger partial charge in [-0.25, -0.2) is 13.4 Å². The highest BCUT2D eigenvalue weighted by Crippen LogP contribution is 2.39. The Labute approximate surface area is 215 Å². The van der Waals surface area contributed by atoms with Gasteiger partial charge >= 0.3 is 0 Å². The minimum absolute atomic E-state index is 0.394. The van der Waals surface area contributed by atoms with Crippen molar-refractivity contribution in [2.75, 3.05) is 52.4 Å². The molecule has 2 aliphatic rings. The first kappa shape index (κ1) is 25.8. The Morgan fingerprint density at radius 2 is 1.74 bits per heavy atom. The fourth-order valence-corrected chi connectivity index (χ4v) is 7.65. The molecular weight excluding hydrogens is 510 g/mol. The van der Waals surface area contributed by atoms with Crippen LogP contribution in [-0.2, 0) is 16.4 Å². The molecule has 1 aliphatic carbocycles. The maximum absolute atomic E-state index is 13.3. The molecule has 1 aliphatic heterocycles. The minimum atomic E-state index is -3.57. The zero-order chi connectivity index (χ0) is 25.2. The van der Waals surface area contributed by atoms with E-state index in [1.165, 1.54) is 0 Å². The highest BCUT2D eigenvalue weighted by molar-refractivity contribution is 7.90. The molecule has 2 aromatic rings. The highest BCUT2D eigenvalue weighted by atomic mass is 35.5. The first-order valence-corrected chi connectivity index (χ1v) is 14.0. The molecule has 11 heteroatoms. The van der Waals surface area contributed by atoms with Crippen molar-refractivity contribution in [3.63, 3.8) is 0 Å². The number of thiazole rings is 1. The Balaban J connectivity index is 1.42. The van der Waals surface area contributed by atoms with E-state index in [0.29, 0.717) is 49.8 Å². The first-order valence-electron chi connectivity index (χ1n) is 11.2. The van der Waals surface area contributed by atoms with Crippen LogP contribution in [-0.4, -0.2) is 75.3 Å². The van der Waals surface area contributed by atoms with Gasteiger partial charge in [0.15, 0.2) is 16.6 Å². The summed E-state index contributed by atoms with van der Waals surface area (Å²) in [5.41, 5.74) is 1.91. The van der Waals surface area contributed by atoms with Crippen molar-refractivity contribution in [3.8, 4) is 17.2 Å². The zero-order valence-corrected chi connectivity index (χ0v) is 22.6. The second-order valence-corrected chi connectivity index (χ2v) is 12.3. The third kappa shape index (κ3) is 5.30. The average Bonchev–Trinajstić information content (AvgIpc) is 3.31. The second kappa shape index (κ2) is 10.4. The quantitative estimate of drug-likeness (QED) is 0.473. The second-order valence-electron chi connectivity index (χ2n) is 8.58. The minimum Gasteiger partial charge on any atom is -0.493 e. The van der Waals surface area contributed by atoms with Crippen LogP contribution in [0, 0.1) is 0 Å². The molecule has 190 valence electrons. The Hall–Kier alpha value is -2.27. The van der Waals surface area contributed by atoms with Crippen LogP contribution < -0.4 is 19.1 Å². The number of alkyl halides is 1. The van der Waals surface area contributed by atoms with E-state index in [0.717, 1.165) is 16.4 Å². The first-order chi connectivity index (χ1) is 16.7. The van der Waals surface area contributed by atoms with Gasteiger partial charge in [0.2, 0.25) is 15.8 Å². The van der Waals surface area contributed by atoms with Gasteiger partial charge in [0.25, 0.3) is 0 Å². The third-order valence-electron chi connectivity index (χ3n) is 6.21.